The van der Waals surface area contributed by atoms with Gasteiger partial charge in [-0.25, -0.2) is 4.39 Å². The van der Waals surface area contributed by atoms with Gasteiger partial charge in [0.05, 0.1) is 10.6 Å². The summed E-state index contributed by atoms with van der Waals surface area (Å²) in [5, 5.41) is 2.90. The molecule has 1 aromatic rings. The van der Waals surface area contributed by atoms with E-state index in [1.807, 2.05) is 11.8 Å². The monoisotopic (exact) mass is 388 g/mol. The Balaban J connectivity index is 0.00000288. The van der Waals surface area contributed by atoms with Crippen LogP contribution >= 0.6 is 24.0 Å². The van der Waals surface area contributed by atoms with Crippen molar-refractivity contribution in [1.29, 1.82) is 0 Å². The van der Waals surface area contributed by atoms with Crippen LogP contribution in [0.15, 0.2) is 12.1 Å². The summed E-state index contributed by atoms with van der Waals surface area (Å²) in [6.07, 6.45) is -2.54. The average Bonchev–Trinajstić information content (AvgIpc) is 2.51. The largest absolute Gasteiger partial charge is 0.416 e. The van der Waals surface area contributed by atoms with Gasteiger partial charge in [0.1, 0.15) is 5.82 Å². The zero-order chi connectivity index (χ0) is 17.0. The van der Waals surface area contributed by atoms with Crippen LogP contribution in [-0.2, 0) is 6.18 Å². The molecule has 0 aromatic heterocycles. The number of alkyl halides is 3. The van der Waals surface area contributed by atoms with Crippen molar-refractivity contribution in [3.8, 4) is 0 Å². The van der Waals surface area contributed by atoms with Crippen LogP contribution in [0.25, 0.3) is 0 Å². The fourth-order valence-electron chi connectivity index (χ4n) is 3.04. The van der Waals surface area contributed by atoms with Crippen molar-refractivity contribution >= 4 is 24.0 Å². The third-order valence-electron chi connectivity index (χ3n) is 4.19. The van der Waals surface area contributed by atoms with Gasteiger partial charge < -0.3 is 5.32 Å². The smallest absolute Gasteiger partial charge is 0.314 e. The van der Waals surface area contributed by atoms with Crippen LogP contribution in [0.3, 0.4) is 0 Å². The molecular weight excluding hydrogens is 367 g/mol. The summed E-state index contributed by atoms with van der Waals surface area (Å²) in [5.74, 6) is -0.943. The fraction of sp³-hybridized carbons (Fsp3) is 0.625. The topological polar surface area (TPSA) is 15.3 Å². The molecule has 8 heteroatoms. The molecule has 0 spiro atoms. The summed E-state index contributed by atoms with van der Waals surface area (Å²) < 4.78 is 54.7. The molecule has 138 valence electrons. The zero-order valence-electron chi connectivity index (χ0n) is 13.4. The first kappa shape index (κ1) is 21.5. The number of unbranched alkanes of at least 4 members (excludes halogenated alkanes) is 1. The van der Waals surface area contributed by atoms with Crippen molar-refractivity contribution < 1.29 is 17.6 Å². The number of piperazine rings is 1. The first-order valence-corrected chi connectivity index (χ1v) is 8.24. The summed E-state index contributed by atoms with van der Waals surface area (Å²) in [5.41, 5.74) is -1.22. The molecule has 1 aliphatic rings. The predicted octanol–water partition coefficient (Wildman–Crippen LogP) is 5.06. The van der Waals surface area contributed by atoms with Gasteiger partial charge in [0, 0.05) is 37.8 Å². The highest BCUT2D eigenvalue weighted by Gasteiger charge is 2.39. The molecule has 1 aromatic carbocycles. The number of benzene rings is 1. The second kappa shape index (κ2) is 9.22. The molecule has 1 aliphatic heterocycles. The minimum Gasteiger partial charge on any atom is -0.314 e. The standard InChI is InChI=1S/C16H21ClF4N2.ClH/c1-2-3-4-13(23-9-7-22-8-10-23)14-11(16(19,20)21)5-6-12(17)15(14)18;/h5-6,13,22H,2-4,7-10H2,1H3;1H/t13-;/m1./s1. The Morgan fingerprint density at radius 1 is 1.25 bits per heavy atom. The van der Waals surface area contributed by atoms with Crippen molar-refractivity contribution in [3.05, 3.63) is 34.1 Å². The Morgan fingerprint density at radius 3 is 2.42 bits per heavy atom. The molecule has 1 fully saturated rings. The van der Waals surface area contributed by atoms with E-state index in [9.17, 15) is 17.6 Å². The van der Waals surface area contributed by atoms with Crippen LogP contribution in [0.1, 0.15) is 43.4 Å². The van der Waals surface area contributed by atoms with Crippen molar-refractivity contribution in [2.45, 2.75) is 38.4 Å². The number of nitrogens with one attached hydrogen (secondary N) is 1. The van der Waals surface area contributed by atoms with E-state index in [-0.39, 0.29) is 23.0 Å². The van der Waals surface area contributed by atoms with Gasteiger partial charge in [-0.05, 0) is 18.6 Å². The number of rotatable bonds is 5. The first-order valence-electron chi connectivity index (χ1n) is 7.86. The van der Waals surface area contributed by atoms with Gasteiger partial charge in [0.25, 0.3) is 0 Å². The Hall–Kier alpha value is -0.560. The average molecular weight is 389 g/mol. The second-order valence-electron chi connectivity index (χ2n) is 5.76. The molecule has 0 saturated carbocycles. The molecule has 0 aliphatic carbocycles. The molecule has 24 heavy (non-hydrogen) atoms. The van der Waals surface area contributed by atoms with Crippen LogP contribution in [0.2, 0.25) is 5.02 Å². The van der Waals surface area contributed by atoms with Crippen LogP contribution in [-0.4, -0.2) is 31.1 Å². The Kier molecular flexibility index (Phi) is 8.26. The number of hydrogen-bond acceptors (Lipinski definition) is 2. The molecule has 1 saturated heterocycles. The summed E-state index contributed by atoms with van der Waals surface area (Å²) in [7, 11) is 0. The van der Waals surface area contributed by atoms with Crippen LogP contribution in [0.4, 0.5) is 17.6 Å². The van der Waals surface area contributed by atoms with Crippen LogP contribution in [0.5, 0.6) is 0 Å². The SMILES string of the molecule is CCCC[C@H](c1c(C(F)(F)F)ccc(Cl)c1F)N1CCNCC1.Cl. The molecule has 1 atom stereocenters. The van der Waals surface area contributed by atoms with Gasteiger partial charge in [0.2, 0.25) is 0 Å². The molecule has 2 nitrogen and oxygen atoms in total. The maximum Gasteiger partial charge on any atom is 0.416 e. The maximum atomic E-state index is 14.6. The first-order chi connectivity index (χ1) is 10.9. The molecule has 1 N–H and O–H groups in total. The van der Waals surface area contributed by atoms with Crippen molar-refractivity contribution in [2.75, 3.05) is 26.2 Å². The minimum atomic E-state index is -4.60. The van der Waals surface area contributed by atoms with Crippen LogP contribution in [0, 0.1) is 5.82 Å². The van der Waals surface area contributed by atoms with Gasteiger partial charge in [-0.1, -0.05) is 31.4 Å². The molecular formula is C16H22Cl2F4N2. The Labute approximate surface area is 151 Å². The van der Waals surface area contributed by atoms with E-state index in [1.165, 1.54) is 0 Å². The summed E-state index contributed by atoms with van der Waals surface area (Å²) >= 11 is 5.78. The number of halogens is 6. The van der Waals surface area contributed by atoms with E-state index >= 15 is 0 Å². The highest BCUT2D eigenvalue weighted by molar-refractivity contribution is 6.30. The third-order valence-corrected chi connectivity index (χ3v) is 4.49. The van der Waals surface area contributed by atoms with E-state index in [4.69, 9.17) is 11.6 Å². The van der Waals surface area contributed by atoms with E-state index in [0.29, 0.717) is 32.6 Å². The summed E-state index contributed by atoms with van der Waals surface area (Å²) in [6, 6.07) is 1.27. The van der Waals surface area contributed by atoms with Gasteiger partial charge in [-0.2, -0.15) is 13.2 Å². The van der Waals surface area contributed by atoms with E-state index in [0.717, 1.165) is 25.0 Å². The van der Waals surface area contributed by atoms with Crippen molar-refractivity contribution in [2.24, 2.45) is 0 Å². The lowest BCUT2D eigenvalue weighted by Crippen LogP contribution is -2.45. The second-order valence-corrected chi connectivity index (χ2v) is 6.17. The van der Waals surface area contributed by atoms with Gasteiger partial charge >= 0.3 is 6.18 Å². The van der Waals surface area contributed by atoms with E-state index in [2.05, 4.69) is 5.32 Å². The summed E-state index contributed by atoms with van der Waals surface area (Å²) in [4.78, 5) is 1.93. The predicted molar refractivity (Wildman–Crippen MR) is 90.4 cm³/mol. The lowest BCUT2D eigenvalue weighted by molar-refractivity contribution is -0.139. The van der Waals surface area contributed by atoms with Crippen LogP contribution < -0.4 is 5.32 Å². The molecule has 0 radical (unpaired) electrons. The number of hydrogen-bond donors (Lipinski definition) is 1. The third kappa shape index (κ3) is 4.97. The minimum absolute atomic E-state index is 0. The fourth-order valence-corrected chi connectivity index (χ4v) is 3.20. The molecule has 0 unspecified atom stereocenters. The Bertz CT molecular complexity index is 532. The quantitative estimate of drug-likeness (QED) is 0.709. The molecule has 2 rings (SSSR count). The van der Waals surface area contributed by atoms with Gasteiger partial charge in [-0.15, -0.1) is 12.4 Å². The highest BCUT2D eigenvalue weighted by atomic mass is 35.5. The Morgan fingerprint density at radius 2 is 1.88 bits per heavy atom. The van der Waals surface area contributed by atoms with Crippen molar-refractivity contribution in [1.82, 2.24) is 10.2 Å². The maximum absolute atomic E-state index is 14.6. The van der Waals surface area contributed by atoms with E-state index in [1.54, 1.807) is 0 Å². The zero-order valence-corrected chi connectivity index (χ0v) is 15.0. The van der Waals surface area contributed by atoms with Gasteiger partial charge in [-0.3, -0.25) is 4.90 Å². The molecule has 0 amide bonds. The van der Waals surface area contributed by atoms with Crippen molar-refractivity contribution in [3.63, 3.8) is 0 Å². The van der Waals surface area contributed by atoms with E-state index < -0.39 is 23.6 Å². The number of nitrogens with zero attached hydrogens (tertiary/aromatic N) is 1. The molecule has 0 bridgehead atoms. The lowest BCUT2D eigenvalue weighted by atomic mass is 9.93. The molecule has 1 heterocycles. The normalized spacial score (nSPS) is 17.4. The highest BCUT2D eigenvalue weighted by Crippen LogP contribution is 2.41. The van der Waals surface area contributed by atoms with Gasteiger partial charge in [0.15, 0.2) is 0 Å². The summed E-state index contributed by atoms with van der Waals surface area (Å²) in [6.45, 7) is 4.53. The lowest BCUT2D eigenvalue weighted by Gasteiger charge is -2.36.